The van der Waals surface area contributed by atoms with E-state index in [-0.39, 0.29) is 0 Å². The molecule has 2 aliphatic rings. The minimum Gasteiger partial charge on any atom is -0.355 e. The first kappa shape index (κ1) is 21.8. The number of aromatic nitrogens is 5. The Bertz CT molecular complexity index is 883. The number of hydrogen-bond donors (Lipinski definition) is 1. The van der Waals surface area contributed by atoms with Gasteiger partial charge in [0.2, 0.25) is 0 Å². The normalized spacial score (nSPS) is 22.6. The molecule has 0 radical (unpaired) electrons. The third-order valence-electron chi connectivity index (χ3n) is 6.82. The van der Waals surface area contributed by atoms with E-state index in [4.69, 9.17) is 4.99 Å². The summed E-state index contributed by atoms with van der Waals surface area (Å²) in [6, 6.07) is 0.598. The van der Waals surface area contributed by atoms with Crippen molar-refractivity contribution in [3.63, 3.8) is 0 Å². The lowest BCUT2D eigenvalue weighted by Crippen LogP contribution is -2.46. The van der Waals surface area contributed by atoms with Crippen LogP contribution < -0.4 is 5.32 Å². The Hall–Kier alpha value is -2.42. The highest BCUT2D eigenvalue weighted by atomic mass is 15.3. The number of likely N-dealkylation sites (tertiary alicyclic amines) is 2. The molecule has 1 N–H and O–H groups in total. The van der Waals surface area contributed by atoms with Gasteiger partial charge in [-0.3, -0.25) is 9.58 Å². The summed E-state index contributed by atoms with van der Waals surface area (Å²) < 4.78 is 3.91. The van der Waals surface area contributed by atoms with Crippen LogP contribution in [0.25, 0.3) is 0 Å². The van der Waals surface area contributed by atoms with Gasteiger partial charge in [0.25, 0.3) is 0 Å². The maximum absolute atomic E-state index is 4.98. The molecule has 2 aromatic heterocycles. The average molecular weight is 428 g/mol. The van der Waals surface area contributed by atoms with E-state index in [9.17, 15) is 0 Å². The molecule has 0 spiro atoms. The van der Waals surface area contributed by atoms with Crippen LogP contribution >= 0.6 is 0 Å². The Morgan fingerprint density at radius 1 is 1.23 bits per heavy atom. The molecule has 2 fully saturated rings. The van der Waals surface area contributed by atoms with Crippen LogP contribution in [0.4, 0.5) is 0 Å². The number of guanidine groups is 1. The fraction of sp³-hybridized carbons (Fsp3) is 0.727. The van der Waals surface area contributed by atoms with Gasteiger partial charge in [-0.2, -0.15) is 5.10 Å². The number of nitrogens with one attached hydrogen (secondary N) is 1. The van der Waals surface area contributed by atoms with E-state index >= 15 is 0 Å². The van der Waals surface area contributed by atoms with E-state index in [1.165, 1.54) is 31.4 Å². The van der Waals surface area contributed by atoms with Crippen LogP contribution in [0.2, 0.25) is 0 Å². The molecule has 2 unspecified atom stereocenters. The van der Waals surface area contributed by atoms with Crippen molar-refractivity contribution in [2.45, 2.75) is 52.1 Å². The molecule has 0 bridgehead atoms. The molecule has 2 atom stereocenters. The molecule has 31 heavy (non-hydrogen) atoms. The summed E-state index contributed by atoms with van der Waals surface area (Å²) in [5.74, 6) is 3.46. The van der Waals surface area contributed by atoms with E-state index in [2.05, 4.69) is 43.5 Å². The third-order valence-corrected chi connectivity index (χ3v) is 6.82. The Morgan fingerprint density at radius 3 is 2.81 bits per heavy atom. The molecule has 4 rings (SSSR count). The second-order valence-corrected chi connectivity index (χ2v) is 8.99. The van der Waals surface area contributed by atoms with Crippen molar-refractivity contribution in [2.75, 3.05) is 32.7 Å². The van der Waals surface area contributed by atoms with E-state index < -0.39 is 0 Å². The minimum absolute atomic E-state index is 0.547. The fourth-order valence-corrected chi connectivity index (χ4v) is 4.86. The smallest absolute Gasteiger partial charge is 0.194 e. The standard InChI is InChI=1S/C22H37N9/c1-5-30-9-6-7-20(30)13-23-22(24-14-21-27-26-17(2)29(21)4)31-10-8-18(16-31)11-19-12-25-28(3)15-19/h12,15,18,20H,5-11,13-14,16H2,1-4H3,(H,23,24). The van der Waals surface area contributed by atoms with Gasteiger partial charge in [0.1, 0.15) is 12.4 Å². The molecule has 0 aliphatic carbocycles. The number of rotatable bonds is 7. The first-order valence-electron chi connectivity index (χ1n) is 11.6. The summed E-state index contributed by atoms with van der Waals surface area (Å²) in [7, 11) is 3.99. The van der Waals surface area contributed by atoms with Gasteiger partial charge in [0.15, 0.2) is 11.8 Å². The zero-order valence-electron chi connectivity index (χ0n) is 19.5. The molecule has 170 valence electrons. The Balaban J connectivity index is 1.42. The molecule has 2 aliphatic heterocycles. The predicted molar refractivity (Wildman–Crippen MR) is 122 cm³/mol. The van der Waals surface area contributed by atoms with Gasteiger partial charge in [-0.05, 0) is 57.2 Å². The lowest BCUT2D eigenvalue weighted by molar-refractivity contribution is 0.265. The fourth-order valence-electron chi connectivity index (χ4n) is 4.86. The number of likely N-dealkylation sites (N-methyl/N-ethyl adjacent to an activating group) is 1. The maximum atomic E-state index is 4.98. The van der Waals surface area contributed by atoms with Crippen molar-refractivity contribution in [1.82, 2.24) is 39.7 Å². The summed E-state index contributed by atoms with van der Waals surface area (Å²) in [6.07, 6.45) is 8.94. The first-order valence-corrected chi connectivity index (χ1v) is 11.6. The van der Waals surface area contributed by atoms with Crippen molar-refractivity contribution in [2.24, 2.45) is 25.0 Å². The van der Waals surface area contributed by atoms with Crippen LogP contribution in [0.5, 0.6) is 0 Å². The molecule has 2 saturated heterocycles. The first-order chi connectivity index (χ1) is 15.0. The van der Waals surface area contributed by atoms with Gasteiger partial charge in [0.05, 0.1) is 6.20 Å². The maximum Gasteiger partial charge on any atom is 0.194 e. The van der Waals surface area contributed by atoms with E-state index in [0.29, 0.717) is 18.5 Å². The topological polar surface area (TPSA) is 79.4 Å². The van der Waals surface area contributed by atoms with E-state index in [0.717, 1.165) is 50.2 Å². The highest BCUT2D eigenvalue weighted by Gasteiger charge is 2.28. The van der Waals surface area contributed by atoms with Crippen LogP contribution in [0, 0.1) is 12.8 Å². The second kappa shape index (κ2) is 9.80. The van der Waals surface area contributed by atoms with Crippen LogP contribution in [0.1, 0.15) is 43.4 Å². The van der Waals surface area contributed by atoms with Gasteiger partial charge in [0, 0.05) is 46.0 Å². The largest absolute Gasteiger partial charge is 0.355 e. The van der Waals surface area contributed by atoms with Crippen LogP contribution in [0.15, 0.2) is 17.4 Å². The van der Waals surface area contributed by atoms with Crippen molar-refractivity contribution in [3.05, 3.63) is 29.6 Å². The summed E-state index contributed by atoms with van der Waals surface area (Å²) in [5, 5.41) is 16.5. The SMILES string of the molecule is CCN1CCCC1CNC(=NCc1nnc(C)n1C)N1CCC(Cc2cnn(C)c2)C1. The summed E-state index contributed by atoms with van der Waals surface area (Å²) in [6.45, 7) is 10.1. The predicted octanol–water partition coefficient (Wildman–Crippen LogP) is 1.35. The monoisotopic (exact) mass is 427 g/mol. The van der Waals surface area contributed by atoms with Gasteiger partial charge in [-0.25, -0.2) is 4.99 Å². The van der Waals surface area contributed by atoms with Gasteiger partial charge < -0.3 is 14.8 Å². The Kier molecular flexibility index (Phi) is 6.89. The summed E-state index contributed by atoms with van der Waals surface area (Å²) in [5.41, 5.74) is 1.32. The molecule has 0 saturated carbocycles. The molecular weight excluding hydrogens is 390 g/mol. The zero-order chi connectivity index (χ0) is 21.8. The minimum atomic E-state index is 0.547. The van der Waals surface area contributed by atoms with Gasteiger partial charge in [-0.15, -0.1) is 10.2 Å². The second-order valence-electron chi connectivity index (χ2n) is 8.99. The van der Waals surface area contributed by atoms with Gasteiger partial charge >= 0.3 is 0 Å². The summed E-state index contributed by atoms with van der Waals surface area (Å²) in [4.78, 5) is 9.98. The van der Waals surface area contributed by atoms with E-state index in [1.807, 2.05) is 36.5 Å². The molecule has 0 aromatic carbocycles. The van der Waals surface area contributed by atoms with Crippen molar-refractivity contribution < 1.29 is 0 Å². The number of aryl methyl sites for hydroxylation is 2. The lowest BCUT2D eigenvalue weighted by atomic mass is 10.0. The Morgan fingerprint density at radius 2 is 2.10 bits per heavy atom. The van der Waals surface area contributed by atoms with Crippen molar-refractivity contribution >= 4 is 5.96 Å². The van der Waals surface area contributed by atoms with Gasteiger partial charge in [-0.1, -0.05) is 6.92 Å². The average Bonchev–Trinajstić information content (AvgIpc) is 3.54. The number of nitrogens with zero attached hydrogens (tertiary/aromatic N) is 8. The van der Waals surface area contributed by atoms with Crippen molar-refractivity contribution in [1.29, 1.82) is 0 Å². The summed E-state index contributed by atoms with van der Waals surface area (Å²) >= 11 is 0. The van der Waals surface area contributed by atoms with E-state index in [1.54, 1.807) is 0 Å². The number of hydrogen-bond acceptors (Lipinski definition) is 5. The lowest BCUT2D eigenvalue weighted by Gasteiger charge is -2.27. The zero-order valence-corrected chi connectivity index (χ0v) is 19.5. The molecule has 9 nitrogen and oxygen atoms in total. The number of aliphatic imine (C=N–C) groups is 1. The van der Waals surface area contributed by atoms with Crippen LogP contribution in [-0.4, -0.2) is 79.1 Å². The molecule has 0 amide bonds. The third kappa shape index (κ3) is 5.26. The highest BCUT2D eigenvalue weighted by molar-refractivity contribution is 5.80. The molecule has 4 heterocycles. The molecular formula is C22H37N9. The highest BCUT2D eigenvalue weighted by Crippen LogP contribution is 2.21. The quantitative estimate of drug-likeness (QED) is 0.531. The van der Waals surface area contributed by atoms with Crippen LogP contribution in [0.3, 0.4) is 0 Å². The van der Waals surface area contributed by atoms with Crippen molar-refractivity contribution in [3.8, 4) is 0 Å². The Labute approximate surface area is 185 Å². The van der Waals surface area contributed by atoms with Crippen LogP contribution in [-0.2, 0) is 27.1 Å². The molecule has 2 aromatic rings. The molecule has 9 heteroatoms.